The number of hydrogen-bond acceptors (Lipinski definition) is 0. The first-order chi connectivity index (χ1) is 12.6. The summed E-state index contributed by atoms with van der Waals surface area (Å²) < 4.78 is 1.30. The van der Waals surface area contributed by atoms with Crippen LogP contribution in [0.2, 0.25) is 0 Å². The molecule has 0 aliphatic heterocycles. The third-order valence-corrected chi connectivity index (χ3v) is 6.68. The zero-order valence-corrected chi connectivity index (χ0v) is 17.0. The largest absolute Gasteiger partial charge is 0.0619 e. The molecular weight excluding hydrogens is 427 g/mol. The molecule has 0 saturated carbocycles. The van der Waals surface area contributed by atoms with Gasteiger partial charge in [0.1, 0.15) is 0 Å². The lowest BCUT2D eigenvalue weighted by atomic mass is 9.78. The van der Waals surface area contributed by atoms with Crippen molar-refractivity contribution >= 4 is 33.4 Å². The van der Waals surface area contributed by atoms with Gasteiger partial charge in [0.15, 0.2) is 0 Å². The summed E-state index contributed by atoms with van der Waals surface area (Å²) in [5.41, 5.74) is 8.34. The van der Waals surface area contributed by atoms with E-state index >= 15 is 0 Å². The average Bonchev–Trinajstić information content (AvgIpc) is 2.91. The van der Waals surface area contributed by atoms with Crippen LogP contribution in [-0.2, 0) is 5.41 Å². The Morgan fingerprint density at radius 3 is 2.00 bits per heavy atom. The SMILES string of the molecule is CC1(C)c2ccccc2-c2cccc(-c3ccc(I)c4ccccc34)c21. The second kappa shape index (κ2) is 5.68. The van der Waals surface area contributed by atoms with E-state index in [1.165, 1.54) is 47.7 Å². The van der Waals surface area contributed by atoms with Crippen molar-refractivity contribution in [2.75, 3.05) is 0 Å². The lowest BCUT2D eigenvalue weighted by Crippen LogP contribution is -2.16. The van der Waals surface area contributed by atoms with Crippen LogP contribution in [0.4, 0.5) is 0 Å². The Labute approximate surface area is 168 Å². The van der Waals surface area contributed by atoms with Crippen LogP contribution in [0.15, 0.2) is 78.9 Å². The first-order valence-corrected chi connectivity index (χ1v) is 10.1. The number of fused-ring (bicyclic) bond motifs is 4. The fourth-order valence-electron chi connectivity index (χ4n) is 4.57. The van der Waals surface area contributed by atoms with E-state index in [0.717, 1.165) is 0 Å². The summed E-state index contributed by atoms with van der Waals surface area (Å²) in [7, 11) is 0. The van der Waals surface area contributed by atoms with E-state index in [4.69, 9.17) is 0 Å². The normalized spacial score (nSPS) is 14.3. The molecule has 4 aromatic carbocycles. The molecule has 0 N–H and O–H groups in total. The van der Waals surface area contributed by atoms with Crippen LogP contribution in [0, 0.1) is 3.57 Å². The van der Waals surface area contributed by atoms with E-state index in [0.29, 0.717) is 0 Å². The highest BCUT2D eigenvalue weighted by Crippen LogP contribution is 2.52. The Morgan fingerprint density at radius 1 is 0.577 bits per heavy atom. The standard InChI is InChI=1S/C25H19I/c1-25(2)22-13-6-5-9-18(22)21-12-7-11-20(24(21)25)17-14-15-23(26)19-10-4-3-8-16(17)19/h3-15H,1-2H3. The topological polar surface area (TPSA) is 0 Å². The molecule has 1 aliphatic rings. The predicted octanol–water partition coefficient (Wildman–Crippen LogP) is 7.42. The number of rotatable bonds is 1. The van der Waals surface area contributed by atoms with Crippen LogP contribution in [0.5, 0.6) is 0 Å². The molecule has 0 heterocycles. The van der Waals surface area contributed by atoms with Gasteiger partial charge in [-0.3, -0.25) is 0 Å². The molecule has 4 aromatic rings. The van der Waals surface area contributed by atoms with E-state index in [1.807, 2.05) is 0 Å². The lowest BCUT2D eigenvalue weighted by Gasteiger charge is -2.25. The van der Waals surface area contributed by atoms with Gasteiger partial charge in [-0.15, -0.1) is 0 Å². The van der Waals surface area contributed by atoms with Crippen LogP contribution >= 0.6 is 22.6 Å². The number of hydrogen-bond donors (Lipinski definition) is 0. The van der Waals surface area contributed by atoms with Crippen LogP contribution in [0.1, 0.15) is 25.0 Å². The Kier molecular flexibility index (Phi) is 3.51. The quantitative estimate of drug-likeness (QED) is 0.267. The molecule has 0 spiro atoms. The van der Waals surface area contributed by atoms with Gasteiger partial charge in [-0.25, -0.2) is 0 Å². The van der Waals surface area contributed by atoms with Crippen LogP contribution in [0.3, 0.4) is 0 Å². The molecule has 0 bridgehead atoms. The van der Waals surface area contributed by atoms with Gasteiger partial charge in [-0.1, -0.05) is 86.6 Å². The van der Waals surface area contributed by atoms with Crippen molar-refractivity contribution in [1.82, 2.24) is 0 Å². The summed E-state index contributed by atoms with van der Waals surface area (Å²) >= 11 is 2.44. The highest BCUT2D eigenvalue weighted by molar-refractivity contribution is 14.1. The average molecular weight is 446 g/mol. The lowest BCUT2D eigenvalue weighted by molar-refractivity contribution is 0.662. The van der Waals surface area contributed by atoms with E-state index in [9.17, 15) is 0 Å². The monoisotopic (exact) mass is 446 g/mol. The van der Waals surface area contributed by atoms with Crippen molar-refractivity contribution in [3.63, 3.8) is 0 Å². The zero-order chi connectivity index (χ0) is 17.9. The predicted molar refractivity (Wildman–Crippen MR) is 120 cm³/mol. The second-order valence-corrected chi connectivity index (χ2v) is 8.70. The first kappa shape index (κ1) is 16.1. The van der Waals surface area contributed by atoms with Gasteiger partial charge in [-0.05, 0) is 72.8 Å². The van der Waals surface area contributed by atoms with Crippen molar-refractivity contribution in [1.29, 1.82) is 0 Å². The first-order valence-electron chi connectivity index (χ1n) is 9.00. The third kappa shape index (κ3) is 2.13. The highest BCUT2D eigenvalue weighted by atomic mass is 127. The van der Waals surface area contributed by atoms with Gasteiger partial charge in [0, 0.05) is 8.99 Å². The summed E-state index contributed by atoms with van der Waals surface area (Å²) in [5.74, 6) is 0. The third-order valence-electron chi connectivity index (χ3n) is 5.74. The molecule has 0 aromatic heterocycles. The minimum atomic E-state index is 0.00657. The Morgan fingerprint density at radius 2 is 1.19 bits per heavy atom. The zero-order valence-electron chi connectivity index (χ0n) is 14.9. The summed E-state index contributed by atoms with van der Waals surface area (Å²) in [6.07, 6.45) is 0. The molecule has 1 heteroatoms. The second-order valence-electron chi connectivity index (χ2n) is 7.54. The molecule has 0 fully saturated rings. The van der Waals surface area contributed by atoms with Gasteiger partial charge in [0.2, 0.25) is 0 Å². The maximum atomic E-state index is 2.44. The molecular formula is C25H19I. The fourth-order valence-corrected chi connectivity index (χ4v) is 5.22. The molecule has 0 nitrogen and oxygen atoms in total. The molecule has 126 valence electrons. The number of benzene rings is 4. The van der Waals surface area contributed by atoms with Crippen molar-refractivity contribution in [2.24, 2.45) is 0 Å². The van der Waals surface area contributed by atoms with E-state index in [-0.39, 0.29) is 5.41 Å². The Hall–Kier alpha value is -2.13. The Bertz CT molecular complexity index is 1170. The Balaban J connectivity index is 1.88. The maximum absolute atomic E-state index is 2.44. The molecule has 0 radical (unpaired) electrons. The smallest absolute Gasteiger partial charge is 0.0209 e. The van der Waals surface area contributed by atoms with E-state index < -0.39 is 0 Å². The minimum Gasteiger partial charge on any atom is -0.0619 e. The van der Waals surface area contributed by atoms with Gasteiger partial charge < -0.3 is 0 Å². The molecule has 0 atom stereocenters. The van der Waals surface area contributed by atoms with Gasteiger partial charge in [-0.2, -0.15) is 0 Å². The van der Waals surface area contributed by atoms with Gasteiger partial charge in [0.25, 0.3) is 0 Å². The molecule has 5 rings (SSSR count). The van der Waals surface area contributed by atoms with Crippen LogP contribution in [-0.4, -0.2) is 0 Å². The maximum Gasteiger partial charge on any atom is 0.0209 e. The van der Waals surface area contributed by atoms with Crippen LogP contribution in [0.25, 0.3) is 33.0 Å². The summed E-state index contributed by atoms with van der Waals surface area (Å²) in [5, 5.41) is 2.66. The van der Waals surface area contributed by atoms with E-state index in [1.54, 1.807) is 0 Å². The van der Waals surface area contributed by atoms with Crippen LogP contribution < -0.4 is 0 Å². The van der Waals surface area contributed by atoms with Crippen molar-refractivity contribution in [3.05, 3.63) is 93.6 Å². The molecule has 0 saturated heterocycles. The highest BCUT2D eigenvalue weighted by Gasteiger charge is 2.37. The molecule has 0 amide bonds. The van der Waals surface area contributed by atoms with Crippen molar-refractivity contribution < 1.29 is 0 Å². The summed E-state index contributed by atoms with van der Waals surface area (Å²) in [6, 6.07) is 28.9. The van der Waals surface area contributed by atoms with Gasteiger partial charge in [0.05, 0.1) is 0 Å². The molecule has 26 heavy (non-hydrogen) atoms. The van der Waals surface area contributed by atoms with Crippen molar-refractivity contribution in [3.8, 4) is 22.3 Å². The fraction of sp³-hybridized carbons (Fsp3) is 0.120. The minimum absolute atomic E-state index is 0.00657. The molecule has 0 unspecified atom stereocenters. The number of halogens is 1. The summed E-state index contributed by atoms with van der Waals surface area (Å²) in [4.78, 5) is 0. The van der Waals surface area contributed by atoms with Gasteiger partial charge >= 0.3 is 0 Å². The molecule has 1 aliphatic carbocycles. The summed E-state index contributed by atoms with van der Waals surface area (Å²) in [6.45, 7) is 4.71. The van der Waals surface area contributed by atoms with E-state index in [2.05, 4.69) is 115 Å². The van der Waals surface area contributed by atoms with Crippen molar-refractivity contribution in [2.45, 2.75) is 19.3 Å².